The molecular weight excluding hydrogens is 138 g/mol. The van der Waals surface area contributed by atoms with Crippen molar-refractivity contribution in [1.82, 2.24) is 5.32 Å². The Morgan fingerprint density at radius 1 is 1.64 bits per heavy atom. The maximum atomic E-state index is 5.33. The van der Waals surface area contributed by atoms with Crippen molar-refractivity contribution in [2.45, 2.75) is 18.9 Å². The molecule has 2 nitrogen and oxygen atoms in total. The molecule has 2 rings (SSSR count). The van der Waals surface area contributed by atoms with Gasteiger partial charge in [0.1, 0.15) is 5.76 Å². The third-order valence-corrected chi connectivity index (χ3v) is 2.25. The lowest BCUT2D eigenvalue weighted by Gasteiger charge is -2.10. The van der Waals surface area contributed by atoms with Gasteiger partial charge in [0.2, 0.25) is 0 Å². The molecule has 1 aliphatic carbocycles. The molecule has 1 aliphatic rings. The molecule has 1 saturated carbocycles. The monoisotopic (exact) mass is 151 g/mol. The zero-order valence-corrected chi connectivity index (χ0v) is 6.71. The molecule has 1 aromatic heterocycles. The maximum Gasteiger partial charge on any atom is 0.120 e. The maximum absolute atomic E-state index is 5.33. The fourth-order valence-corrected chi connectivity index (χ4v) is 1.51. The molecule has 0 aliphatic heterocycles. The van der Waals surface area contributed by atoms with Gasteiger partial charge in [0.15, 0.2) is 0 Å². The van der Waals surface area contributed by atoms with E-state index in [2.05, 4.69) is 5.32 Å². The van der Waals surface area contributed by atoms with Crippen LogP contribution in [0.2, 0.25) is 0 Å². The van der Waals surface area contributed by atoms with Gasteiger partial charge in [0, 0.05) is 0 Å². The molecule has 0 amide bonds. The van der Waals surface area contributed by atoms with E-state index in [1.54, 1.807) is 6.26 Å². The average molecular weight is 151 g/mol. The fraction of sp³-hybridized carbons (Fsp3) is 0.556. The first-order valence-electron chi connectivity index (χ1n) is 4.12. The first-order valence-corrected chi connectivity index (χ1v) is 4.12. The van der Waals surface area contributed by atoms with Gasteiger partial charge < -0.3 is 9.73 Å². The first-order chi connectivity index (χ1) is 5.42. The Balaban J connectivity index is 2.11. The predicted molar refractivity (Wildman–Crippen MR) is 43.2 cm³/mol. The number of hydrogen-bond donors (Lipinski definition) is 1. The highest BCUT2D eigenvalue weighted by Crippen LogP contribution is 2.40. The summed E-state index contributed by atoms with van der Waals surface area (Å²) in [5.74, 6) is 1.89. The van der Waals surface area contributed by atoms with Crippen LogP contribution in [0.4, 0.5) is 0 Å². The molecule has 0 spiro atoms. The Labute approximate surface area is 66.6 Å². The summed E-state index contributed by atoms with van der Waals surface area (Å²) in [5.41, 5.74) is 0. The zero-order chi connectivity index (χ0) is 7.68. The Morgan fingerprint density at radius 3 is 2.91 bits per heavy atom. The summed E-state index contributed by atoms with van der Waals surface area (Å²) in [6.07, 6.45) is 4.42. The van der Waals surface area contributed by atoms with Crippen LogP contribution in [0.5, 0.6) is 0 Å². The summed E-state index contributed by atoms with van der Waals surface area (Å²) < 4.78 is 5.33. The molecule has 1 N–H and O–H groups in total. The number of nitrogens with one attached hydrogen (secondary N) is 1. The topological polar surface area (TPSA) is 25.2 Å². The van der Waals surface area contributed by atoms with E-state index < -0.39 is 0 Å². The SMILES string of the molecule is CNC(c1ccco1)C1CC1. The highest BCUT2D eigenvalue weighted by Gasteiger charge is 2.32. The second kappa shape index (κ2) is 2.70. The zero-order valence-electron chi connectivity index (χ0n) is 6.71. The Morgan fingerprint density at radius 2 is 2.45 bits per heavy atom. The largest absolute Gasteiger partial charge is 0.468 e. The van der Waals surface area contributed by atoms with E-state index in [0.717, 1.165) is 11.7 Å². The third-order valence-electron chi connectivity index (χ3n) is 2.25. The van der Waals surface area contributed by atoms with E-state index in [4.69, 9.17) is 4.42 Å². The lowest BCUT2D eigenvalue weighted by molar-refractivity contribution is 0.402. The van der Waals surface area contributed by atoms with Gasteiger partial charge in [-0.25, -0.2) is 0 Å². The molecule has 1 heterocycles. The number of hydrogen-bond acceptors (Lipinski definition) is 2. The van der Waals surface area contributed by atoms with E-state index in [1.807, 2.05) is 19.2 Å². The summed E-state index contributed by atoms with van der Waals surface area (Å²) in [7, 11) is 1.99. The Hall–Kier alpha value is -0.760. The van der Waals surface area contributed by atoms with Gasteiger partial charge in [-0.1, -0.05) is 0 Å². The predicted octanol–water partition coefficient (Wildman–Crippen LogP) is 1.95. The smallest absolute Gasteiger partial charge is 0.120 e. The van der Waals surface area contributed by atoms with Crippen LogP contribution in [0.25, 0.3) is 0 Å². The molecule has 0 saturated heterocycles. The third kappa shape index (κ3) is 1.31. The lowest BCUT2D eigenvalue weighted by Crippen LogP contribution is -2.17. The van der Waals surface area contributed by atoms with Crippen molar-refractivity contribution >= 4 is 0 Å². The van der Waals surface area contributed by atoms with Gasteiger partial charge in [-0.15, -0.1) is 0 Å². The van der Waals surface area contributed by atoms with E-state index in [-0.39, 0.29) is 0 Å². The van der Waals surface area contributed by atoms with E-state index in [0.29, 0.717) is 6.04 Å². The molecular formula is C9H13NO. The molecule has 2 heteroatoms. The molecule has 0 aromatic carbocycles. The second-order valence-corrected chi connectivity index (χ2v) is 3.12. The fourth-order valence-electron chi connectivity index (χ4n) is 1.51. The van der Waals surface area contributed by atoms with Gasteiger partial charge in [0.25, 0.3) is 0 Å². The summed E-state index contributed by atoms with van der Waals surface area (Å²) in [6, 6.07) is 4.44. The minimum Gasteiger partial charge on any atom is -0.468 e. The number of furan rings is 1. The number of rotatable bonds is 3. The van der Waals surface area contributed by atoms with Gasteiger partial charge in [-0.05, 0) is 37.9 Å². The highest BCUT2D eigenvalue weighted by atomic mass is 16.3. The first kappa shape index (κ1) is 6.92. The van der Waals surface area contributed by atoms with Crippen LogP contribution in [-0.2, 0) is 0 Å². The van der Waals surface area contributed by atoms with Crippen molar-refractivity contribution in [3.05, 3.63) is 24.2 Å². The molecule has 0 radical (unpaired) electrons. The Bertz CT molecular complexity index is 213. The van der Waals surface area contributed by atoms with Gasteiger partial charge in [-0.3, -0.25) is 0 Å². The molecule has 1 unspecified atom stereocenters. The van der Waals surface area contributed by atoms with Crippen LogP contribution in [0.3, 0.4) is 0 Å². The van der Waals surface area contributed by atoms with E-state index in [9.17, 15) is 0 Å². The van der Waals surface area contributed by atoms with E-state index in [1.165, 1.54) is 12.8 Å². The van der Waals surface area contributed by atoms with Crippen LogP contribution in [0, 0.1) is 5.92 Å². The minimum absolute atomic E-state index is 0.449. The molecule has 1 atom stereocenters. The van der Waals surface area contributed by atoms with Crippen molar-refractivity contribution in [2.24, 2.45) is 5.92 Å². The molecule has 1 aromatic rings. The van der Waals surface area contributed by atoms with Crippen molar-refractivity contribution in [3.8, 4) is 0 Å². The quantitative estimate of drug-likeness (QED) is 0.714. The van der Waals surface area contributed by atoms with Crippen molar-refractivity contribution in [1.29, 1.82) is 0 Å². The normalized spacial score (nSPS) is 20.1. The van der Waals surface area contributed by atoms with Crippen LogP contribution in [-0.4, -0.2) is 7.05 Å². The minimum atomic E-state index is 0.449. The molecule has 1 fully saturated rings. The standard InChI is InChI=1S/C9H13NO/c1-10-9(7-4-5-7)8-3-2-6-11-8/h2-3,6-7,9-10H,4-5H2,1H3. The van der Waals surface area contributed by atoms with Crippen LogP contribution >= 0.6 is 0 Å². The summed E-state index contributed by atoms with van der Waals surface area (Å²) >= 11 is 0. The van der Waals surface area contributed by atoms with Crippen molar-refractivity contribution in [3.63, 3.8) is 0 Å². The van der Waals surface area contributed by atoms with Crippen molar-refractivity contribution < 1.29 is 4.42 Å². The van der Waals surface area contributed by atoms with Gasteiger partial charge in [0.05, 0.1) is 12.3 Å². The summed E-state index contributed by atoms with van der Waals surface area (Å²) in [5, 5.41) is 3.27. The summed E-state index contributed by atoms with van der Waals surface area (Å²) in [4.78, 5) is 0. The summed E-state index contributed by atoms with van der Waals surface area (Å²) in [6.45, 7) is 0. The van der Waals surface area contributed by atoms with E-state index >= 15 is 0 Å². The second-order valence-electron chi connectivity index (χ2n) is 3.12. The van der Waals surface area contributed by atoms with Crippen molar-refractivity contribution in [2.75, 3.05) is 7.05 Å². The molecule has 11 heavy (non-hydrogen) atoms. The van der Waals surface area contributed by atoms with Gasteiger partial charge in [-0.2, -0.15) is 0 Å². The highest BCUT2D eigenvalue weighted by molar-refractivity contribution is 5.08. The van der Waals surface area contributed by atoms with Crippen LogP contribution < -0.4 is 5.32 Å². The molecule has 60 valence electrons. The average Bonchev–Trinajstić information content (AvgIpc) is 2.68. The van der Waals surface area contributed by atoms with Crippen LogP contribution in [0.15, 0.2) is 22.8 Å². The Kier molecular flexibility index (Phi) is 1.70. The van der Waals surface area contributed by atoms with Gasteiger partial charge >= 0.3 is 0 Å². The lowest BCUT2D eigenvalue weighted by atomic mass is 10.1. The van der Waals surface area contributed by atoms with Crippen LogP contribution in [0.1, 0.15) is 24.6 Å². The molecule has 0 bridgehead atoms.